The molecule has 0 saturated carbocycles. The summed E-state index contributed by atoms with van der Waals surface area (Å²) in [5, 5.41) is 16.1. The molecule has 5 rings (SSSR count). The Hall–Kier alpha value is -3.79. The smallest absolute Gasteiger partial charge is 0.178 e. The van der Waals surface area contributed by atoms with Gasteiger partial charge in [0.1, 0.15) is 11.8 Å². The molecule has 0 radical (unpaired) electrons. The van der Waals surface area contributed by atoms with E-state index in [0.717, 1.165) is 38.1 Å². The van der Waals surface area contributed by atoms with E-state index < -0.39 is 0 Å². The molecule has 9 nitrogen and oxygen atoms in total. The molecule has 32 heavy (non-hydrogen) atoms. The number of nitrogens with one attached hydrogen (secondary N) is 2. The van der Waals surface area contributed by atoms with Gasteiger partial charge in [0, 0.05) is 18.1 Å². The van der Waals surface area contributed by atoms with Gasteiger partial charge in [-0.2, -0.15) is 0 Å². The summed E-state index contributed by atoms with van der Waals surface area (Å²) in [6.45, 7) is 0.504. The van der Waals surface area contributed by atoms with Gasteiger partial charge in [-0.15, -0.1) is 5.10 Å². The largest absolute Gasteiger partial charge is 0.496 e. The molecule has 2 N–H and O–H groups in total. The van der Waals surface area contributed by atoms with Gasteiger partial charge in [-0.3, -0.25) is 4.98 Å². The average Bonchev–Trinajstić information content (AvgIpc) is 3.47. The fourth-order valence-electron chi connectivity index (χ4n) is 3.54. The Kier molecular flexibility index (Phi) is 5.51. The molecule has 10 heteroatoms. The summed E-state index contributed by atoms with van der Waals surface area (Å²) in [5.74, 6) is 1.42. The van der Waals surface area contributed by atoms with Crippen LogP contribution in [0.15, 0.2) is 71.7 Å². The van der Waals surface area contributed by atoms with E-state index in [-0.39, 0.29) is 6.04 Å². The van der Waals surface area contributed by atoms with E-state index in [1.165, 1.54) is 0 Å². The lowest BCUT2D eigenvalue weighted by Crippen LogP contribution is -2.19. The number of tetrazole rings is 1. The van der Waals surface area contributed by atoms with Crippen molar-refractivity contribution >= 4 is 32.7 Å². The first kappa shape index (κ1) is 20.1. The van der Waals surface area contributed by atoms with Crippen LogP contribution < -0.4 is 10.1 Å². The molecule has 0 aliphatic carbocycles. The third-order valence-electron chi connectivity index (χ3n) is 5.11. The van der Waals surface area contributed by atoms with Crippen LogP contribution in [0, 0.1) is 0 Å². The number of imidazole rings is 1. The molecule has 0 amide bonds. The number of ether oxygens (including phenoxy) is 1. The molecule has 2 aromatic carbocycles. The number of aromatic amines is 1. The number of fused-ring (bicyclic) bond motifs is 1. The summed E-state index contributed by atoms with van der Waals surface area (Å²) in [4.78, 5) is 11.7. The monoisotopic (exact) mass is 490 g/mol. The minimum atomic E-state index is -0.319. The van der Waals surface area contributed by atoms with Crippen molar-refractivity contribution in [3.8, 4) is 5.75 Å². The summed E-state index contributed by atoms with van der Waals surface area (Å²) in [6, 6.07) is 15.5. The zero-order valence-electron chi connectivity index (χ0n) is 17.1. The normalized spacial score (nSPS) is 12.1. The van der Waals surface area contributed by atoms with Crippen molar-refractivity contribution in [3.63, 3.8) is 0 Å². The summed E-state index contributed by atoms with van der Waals surface area (Å²) < 4.78 is 8.02. The quantitative estimate of drug-likeness (QED) is 0.355. The molecule has 0 spiro atoms. The molecular formula is C22H19BrN8O. The number of nitrogens with zero attached hydrogens (tertiary/aromatic N) is 6. The molecule has 0 aliphatic heterocycles. The van der Waals surface area contributed by atoms with Crippen LogP contribution in [0.25, 0.3) is 11.0 Å². The fourth-order valence-corrected chi connectivity index (χ4v) is 4.10. The zero-order valence-corrected chi connectivity index (χ0v) is 18.7. The first-order valence-corrected chi connectivity index (χ1v) is 10.7. The standard InChI is InChI=1S/C22H19BrN8O/c1-32-20-7-4-15(9-17(20)23)21(27-16-5-6-18-19(10-16)26-13-25-18)22-28-29-30-31(22)12-14-3-2-8-24-11-14/h2-11,13,21,27H,12H2,1H3,(H,25,26). The number of halogens is 1. The van der Waals surface area contributed by atoms with Gasteiger partial charge in [0.2, 0.25) is 0 Å². The van der Waals surface area contributed by atoms with E-state index >= 15 is 0 Å². The van der Waals surface area contributed by atoms with Crippen LogP contribution >= 0.6 is 15.9 Å². The van der Waals surface area contributed by atoms with Crippen molar-refractivity contribution in [1.29, 1.82) is 0 Å². The Morgan fingerprint density at radius 2 is 2.12 bits per heavy atom. The van der Waals surface area contributed by atoms with Crippen LogP contribution in [-0.4, -0.2) is 42.3 Å². The van der Waals surface area contributed by atoms with Crippen LogP contribution in [0.1, 0.15) is 23.0 Å². The van der Waals surface area contributed by atoms with Gasteiger partial charge in [0.05, 0.1) is 35.5 Å². The minimum Gasteiger partial charge on any atom is -0.496 e. The average molecular weight is 491 g/mol. The van der Waals surface area contributed by atoms with E-state index in [2.05, 4.69) is 51.7 Å². The highest BCUT2D eigenvalue weighted by molar-refractivity contribution is 9.10. The molecule has 1 atom stereocenters. The molecule has 3 aromatic heterocycles. The molecule has 0 saturated heterocycles. The van der Waals surface area contributed by atoms with Crippen LogP contribution in [0.4, 0.5) is 5.69 Å². The summed E-state index contributed by atoms with van der Waals surface area (Å²) in [6.07, 6.45) is 5.23. The van der Waals surface area contributed by atoms with Gasteiger partial charge in [-0.05, 0) is 73.9 Å². The second kappa shape index (κ2) is 8.75. The van der Waals surface area contributed by atoms with E-state index in [0.29, 0.717) is 12.4 Å². The van der Waals surface area contributed by atoms with Crippen LogP contribution in [-0.2, 0) is 6.54 Å². The zero-order chi connectivity index (χ0) is 21.9. The Labute approximate surface area is 192 Å². The maximum absolute atomic E-state index is 5.40. The van der Waals surface area contributed by atoms with Gasteiger partial charge in [-0.1, -0.05) is 12.1 Å². The van der Waals surface area contributed by atoms with Gasteiger partial charge in [-0.25, -0.2) is 9.67 Å². The highest BCUT2D eigenvalue weighted by Gasteiger charge is 2.23. The van der Waals surface area contributed by atoms with E-state index in [4.69, 9.17) is 4.74 Å². The second-order valence-electron chi connectivity index (χ2n) is 7.16. The van der Waals surface area contributed by atoms with Gasteiger partial charge in [0.25, 0.3) is 0 Å². The third-order valence-corrected chi connectivity index (χ3v) is 5.73. The van der Waals surface area contributed by atoms with Crippen LogP contribution in [0.5, 0.6) is 5.75 Å². The molecule has 0 fully saturated rings. The number of rotatable bonds is 7. The van der Waals surface area contributed by atoms with E-state index in [1.807, 2.05) is 54.7 Å². The second-order valence-corrected chi connectivity index (χ2v) is 8.02. The minimum absolute atomic E-state index is 0.319. The Morgan fingerprint density at radius 3 is 2.94 bits per heavy atom. The molecule has 0 aliphatic rings. The summed E-state index contributed by atoms with van der Waals surface area (Å²) in [5.41, 5.74) is 4.73. The van der Waals surface area contributed by atoms with Crippen molar-refractivity contribution in [2.45, 2.75) is 12.6 Å². The number of aromatic nitrogens is 7. The van der Waals surface area contributed by atoms with Crippen LogP contribution in [0.3, 0.4) is 0 Å². The molecule has 0 bridgehead atoms. The van der Waals surface area contributed by atoms with Crippen molar-refractivity contribution in [3.05, 3.63) is 88.7 Å². The lowest BCUT2D eigenvalue weighted by atomic mass is 10.0. The Balaban J connectivity index is 1.55. The Bertz CT molecular complexity index is 1350. The molecular weight excluding hydrogens is 472 g/mol. The summed E-state index contributed by atoms with van der Waals surface area (Å²) >= 11 is 3.59. The number of methoxy groups -OCH3 is 1. The van der Waals surface area contributed by atoms with Crippen LogP contribution in [0.2, 0.25) is 0 Å². The van der Waals surface area contributed by atoms with Gasteiger partial charge >= 0.3 is 0 Å². The topological polar surface area (TPSA) is 106 Å². The predicted molar refractivity (Wildman–Crippen MR) is 123 cm³/mol. The maximum atomic E-state index is 5.40. The Morgan fingerprint density at radius 1 is 1.19 bits per heavy atom. The maximum Gasteiger partial charge on any atom is 0.178 e. The van der Waals surface area contributed by atoms with E-state index in [1.54, 1.807) is 24.3 Å². The van der Waals surface area contributed by atoms with Crippen molar-refractivity contribution in [2.24, 2.45) is 0 Å². The molecule has 5 aromatic rings. The number of hydrogen-bond donors (Lipinski definition) is 2. The first-order chi connectivity index (χ1) is 15.7. The SMILES string of the molecule is COc1ccc(C(Nc2ccc3[nH]cnc3c2)c2nnnn2Cc2cccnc2)cc1Br. The number of anilines is 1. The number of pyridine rings is 1. The number of hydrogen-bond acceptors (Lipinski definition) is 7. The molecule has 3 heterocycles. The highest BCUT2D eigenvalue weighted by atomic mass is 79.9. The number of benzene rings is 2. The first-order valence-electron chi connectivity index (χ1n) is 9.89. The lowest BCUT2D eigenvalue weighted by Gasteiger charge is -2.21. The highest BCUT2D eigenvalue weighted by Crippen LogP contribution is 2.32. The van der Waals surface area contributed by atoms with Crippen molar-refractivity contribution < 1.29 is 4.74 Å². The van der Waals surface area contributed by atoms with Crippen molar-refractivity contribution in [1.82, 2.24) is 35.2 Å². The van der Waals surface area contributed by atoms with Gasteiger partial charge < -0.3 is 15.0 Å². The lowest BCUT2D eigenvalue weighted by molar-refractivity contribution is 0.412. The molecule has 1 unspecified atom stereocenters. The van der Waals surface area contributed by atoms with Gasteiger partial charge in [0.15, 0.2) is 5.82 Å². The number of H-pyrrole nitrogens is 1. The third kappa shape index (κ3) is 4.04. The predicted octanol–water partition coefficient (Wildman–Crippen LogP) is 3.97. The summed E-state index contributed by atoms with van der Waals surface area (Å²) in [7, 11) is 1.64. The van der Waals surface area contributed by atoms with Crippen molar-refractivity contribution in [2.75, 3.05) is 12.4 Å². The fraction of sp³-hybridized carbons (Fsp3) is 0.136. The molecule has 160 valence electrons. The van der Waals surface area contributed by atoms with E-state index in [9.17, 15) is 0 Å².